The summed E-state index contributed by atoms with van der Waals surface area (Å²) in [5.41, 5.74) is 2.22. The second-order valence-electron chi connectivity index (χ2n) is 9.10. The third-order valence-electron chi connectivity index (χ3n) is 6.19. The topological polar surface area (TPSA) is 79.3 Å². The molecule has 37 heavy (non-hydrogen) atoms. The van der Waals surface area contributed by atoms with Crippen molar-refractivity contribution < 1.29 is 24.2 Å². The molecule has 1 N–H and O–H groups in total. The van der Waals surface area contributed by atoms with Crippen molar-refractivity contribution in [3.63, 3.8) is 0 Å². The monoisotopic (exact) mass is 500 g/mol. The van der Waals surface area contributed by atoms with Gasteiger partial charge in [-0.05, 0) is 68.5 Å². The van der Waals surface area contributed by atoms with E-state index in [9.17, 15) is 14.7 Å². The van der Waals surface area contributed by atoms with Gasteiger partial charge in [-0.15, -0.1) is 0 Å². The molecule has 3 aromatic carbocycles. The van der Waals surface area contributed by atoms with Crippen LogP contribution in [0, 0.1) is 0 Å². The van der Waals surface area contributed by atoms with E-state index in [1.54, 1.807) is 24.3 Å². The van der Waals surface area contributed by atoms with Crippen molar-refractivity contribution in [3.05, 3.63) is 101 Å². The summed E-state index contributed by atoms with van der Waals surface area (Å²) < 4.78 is 11.5. The number of rotatable bonds is 10. The molecular formula is C30H32N2O5. The lowest BCUT2D eigenvalue weighted by atomic mass is 9.95. The van der Waals surface area contributed by atoms with Gasteiger partial charge in [0.1, 0.15) is 23.9 Å². The van der Waals surface area contributed by atoms with Crippen LogP contribution >= 0.6 is 0 Å². The molecule has 1 aliphatic rings. The first-order chi connectivity index (χ1) is 17.9. The maximum Gasteiger partial charge on any atom is 0.295 e. The number of ketones is 1. The van der Waals surface area contributed by atoms with Crippen LogP contribution in [0.3, 0.4) is 0 Å². The molecule has 0 radical (unpaired) electrons. The number of aliphatic hydroxyl groups is 1. The molecule has 7 heteroatoms. The molecule has 1 saturated heterocycles. The van der Waals surface area contributed by atoms with Crippen molar-refractivity contribution in [2.24, 2.45) is 0 Å². The van der Waals surface area contributed by atoms with E-state index in [0.29, 0.717) is 48.9 Å². The summed E-state index contributed by atoms with van der Waals surface area (Å²) >= 11 is 0. The minimum Gasteiger partial charge on any atom is -0.507 e. The number of hydrogen-bond acceptors (Lipinski definition) is 6. The third kappa shape index (κ3) is 6.01. The molecule has 1 amide bonds. The number of aliphatic hydroxyl groups excluding tert-OH is 1. The summed E-state index contributed by atoms with van der Waals surface area (Å²) in [5.74, 6) is -0.277. The zero-order chi connectivity index (χ0) is 26.4. The number of likely N-dealkylation sites (tertiary alicyclic amines) is 1. The van der Waals surface area contributed by atoms with Gasteiger partial charge in [0.15, 0.2) is 0 Å². The van der Waals surface area contributed by atoms with E-state index in [2.05, 4.69) is 0 Å². The highest BCUT2D eigenvalue weighted by molar-refractivity contribution is 6.46. The molecule has 0 saturated carbocycles. The number of nitrogens with zero attached hydrogens (tertiary/aromatic N) is 2. The van der Waals surface area contributed by atoms with Gasteiger partial charge in [-0.3, -0.25) is 9.59 Å². The minimum atomic E-state index is -0.744. The number of carbonyl (C=O) groups is 2. The Morgan fingerprint density at radius 3 is 2.32 bits per heavy atom. The van der Waals surface area contributed by atoms with Crippen molar-refractivity contribution >= 4 is 17.4 Å². The molecule has 4 rings (SSSR count). The van der Waals surface area contributed by atoms with Crippen molar-refractivity contribution in [1.82, 2.24) is 9.80 Å². The second kappa shape index (κ2) is 11.8. The van der Waals surface area contributed by atoms with E-state index >= 15 is 0 Å². The zero-order valence-corrected chi connectivity index (χ0v) is 21.4. The number of ether oxygens (including phenoxy) is 2. The third-order valence-corrected chi connectivity index (χ3v) is 6.19. The molecule has 1 atom stereocenters. The van der Waals surface area contributed by atoms with Gasteiger partial charge in [-0.1, -0.05) is 42.5 Å². The number of carbonyl (C=O) groups excluding carboxylic acids is 2. The van der Waals surface area contributed by atoms with E-state index in [1.165, 1.54) is 4.90 Å². The molecular weight excluding hydrogens is 468 g/mol. The quantitative estimate of drug-likeness (QED) is 0.248. The molecule has 3 aromatic rings. The van der Waals surface area contributed by atoms with Crippen LogP contribution in [-0.4, -0.2) is 60.4 Å². The molecule has 1 aliphatic heterocycles. The maximum atomic E-state index is 13.2. The van der Waals surface area contributed by atoms with E-state index in [1.807, 2.05) is 80.5 Å². The lowest BCUT2D eigenvalue weighted by molar-refractivity contribution is -0.140. The molecule has 192 valence electrons. The van der Waals surface area contributed by atoms with Gasteiger partial charge in [0, 0.05) is 18.7 Å². The molecule has 1 unspecified atom stereocenters. The largest absolute Gasteiger partial charge is 0.507 e. The standard InChI is InChI=1S/C30H32N2O5/c1-4-36-24-15-13-22(14-16-24)28(33)26-27(32(18-17-31(2)3)30(35)29(26)34)23-11-8-12-25(19-23)37-20-21-9-6-5-7-10-21/h5-16,19,27,33H,4,17-18,20H2,1-3H3. The Morgan fingerprint density at radius 1 is 0.919 bits per heavy atom. The van der Waals surface area contributed by atoms with Crippen LogP contribution in [0.4, 0.5) is 0 Å². The number of likely N-dealkylation sites (N-methyl/N-ethyl adjacent to an activating group) is 1. The fraction of sp³-hybridized carbons (Fsp3) is 0.267. The normalized spacial score (nSPS) is 16.9. The number of hydrogen-bond donors (Lipinski definition) is 1. The Balaban J connectivity index is 1.72. The first-order valence-electron chi connectivity index (χ1n) is 12.3. The van der Waals surface area contributed by atoms with E-state index in [-0.39, 0.29) is 11.3 Å². The Bertz CT molecular complexity index is 1270. The smallest absolute Gasteiger partial charge is 0.295 e. The van der Waals surface area contributed by atoms with Gasteiger partial charge in [0.05, 0.1) is 18.2 Å². The summed E-state index contributed by atoms with van der Waals surface area (Å²) in [6.07, 6.45) is 0. The average Bonchev–Trinajstić information content (AvgIpc) is 3.16. The summed E-state index contributed by atoms with van der Waals surface area (Å²) in [6.45, 7) is 3.69. The molecule has 1 fully saturated rings. The van der Waals surface area contributed by atoms with Crippen LogP contribution in [0.25, 0.3) is 5.76 Å². The van der Waals surface area contributed by atoms with Crippen LogP contribution in [0.1, 0.15) is 29.7 Å². The van der Waals surface area contributed by atoms with E-state index < -0.39 is 17.7 Å². The number of Topliss-reactive ketones (excluding diaryl/α,β-unsaturated/α-hetero) is 1. The predicted molar refractivity (Wildman–Crippen MR) is 142 cm³/mol. The first-order valence-corrected chi connectivity index (χ1v) is 12.3. The van der Waals surface area contributed by atoms with Gasteiger partial charge < -0.3 is 24.4 Å². The lowest BCUT2D eigenvalue weighted by Gasteiger charge is -2.27. The molecule has 0 aliphatic carbocycles. The highest BCUT2D eigenvalue weighted by Gasteiger charge is 2.46. The summed E-state index contributed by atoms with van der Waals surface area (Å²) in [7, 11) is 3.81. The van der Waals surface area contributed by atoms with E-state index in [0.717, 1.165) is 5.56 Å². The van der Waals surface area contributed by atoms with Crippen molar-refractivity contribution in [2.45, 2.75) is 19.6 Å². The van der Waals surface area contributed by atoms with Gasteiger partial charge in [0.25, 0.3) is 11.7 Å². The SMILES string of the molecule is CCOc1ccc(C(O)=C2C(=O)C(=O)N(CCN(C)C)C2c2cccc(OCc3ccccc3)c2)cc1. The Labute approximate surface area is 217 Å². The second-order valence-corrected chi connectivity index (χ2v) is 9.10. The highest BCUT2D eigenvalue weighted by Crippen LogP contribution is 2.40. The maximum absolute atomic E-state index is 13.2. The highest BCUT2D eigenvalue weighted by atomic mass is 16.5. The van der Waals surface area contributed by atoms with Crippen LogP contribution in [0.15, 0.2) is 84.4 Å². The summed E-state index contributed by atoms with van der Waals surface area (Å²) in [6, 6.07) is 23.3. The molecule has 0 aromatic heterocycles. The van der Waals surface area contributed by atoms with Crippen LogP contribution in [-0.2, 0) is 16.2 Å². The minimum absolute atomic E-state index is 0.0631. The van der Waals surface area contributed by atoms with Crippen LogP contribution < -0.4 is 9.47 Å². The molecule has 0 spiro atoms. The lowest BCUT2D eigenvalue weighted by Crippen LogP contribution is -2.35. The van der Waals surface area contributed by atoms with Crippen molar-refractivity contribution in [1.29, 1.82) is 0 Å². The number of benzene rings is 3. The van der Waals surface area contributed by atoms with E-state index in [4.69, 9.17) is 9.47 Å². The summed E-state index contributed by atoms with van der Waals surface area (Å²) in [5, 5.41) is 11.3. The fourth-order valence-electron chi connectivity index (χ4n) is 4.31. The number of amides is 1. The average molecular weight is 501 g/mol. The molecule has 0 bridgehead atoms. The van der Waals surface area contributed by atoms with Gasteiger partial charge >= 0.3 is 0 Å². The molecule has 7 nitrogen and oxygen atoms in total. The fourth-order valence-corrected chi connectivity index (χ4v) is 4.31. The predicted octanol–water partition coefficient (Wildman–Crippen LogP) is 4.65. The summed E-state index contributed by atoms with van der Waals surface area (Å²) in [4.78, 5) is 29.9. The Morgan fingerprint density at radius 2 is 1.65 bits per heavy atom. The Kier molecular flexibility index (Phi) is 8.25. The van der Waals surface area contributed by atoms with Gasteiger partial charge in [0.2, 0.25) is 0 Å². The molecule has 1 heterocycles. The van der Waals surface area contributed by atoms with Crippen LogP contribution in [0.5, 0.6) is 11.5 Å². The van der Waals surface area contributed by atoms with Crippen LogP contribution in [0.2, 0.25) is 0 Å². The van der Waals surface area contributed by atoms with Crippen molar-refractivity contribution in [2.75, 3.05) is 33.8 Å². The Hall–Kier alpha value is -4.10. The van der Waals surface area contributed by atoms with Gasteiger partial charge in [-0.2, -0.15) is 0 Å². The van der Waals surface area contributed by atoms with Gasteiger partial charge in [-0.25, -0.2) is 0 Å². The zero-order valence-electron chi connectivity index (χ0n) is 21.4. The van der Waals surface area contributed by atoms with Crippen molar-refractivity contribution in [3.8, 4) is 11.5 Å². The first kappa shape index (κ1) is 26.0.